The predicted molar refractivity (Wildman–Crippen MR) is 195 cm³/mol. The Kier molecular flexibility index (Phi) is 16.3. The van der Waals surface area contributed by atoms with E-state index < -0.39 is 59.8 Å². The molecule has 2 aromatic carbocycles. The first kappa shape index (κ1) is 40.7. The number of benzene rings is 2. The standard InChI is InChI=1S/C36H50N10O6/c1-22(2)16-28(44-32(48)27(14-9-15-41-36(38)39)43-31(47)26(37)17-23-10-5-3-6-11-23)33(49)45-29(19-25-20-40-21-42-25)34(50)46-30(35(51)52)18-24-12-7-4-8-13-24/h3-8,10-13,20-22,26-30H,9,14-19,37H2,1-2H3,(H,40,42)(H,43,47)(H,44,48)(H,45,49)(H,46,50)(H,51,52)(H4,38,39,41)/t26-,27-,28-,29-,30-/m1/s1. The molecule has 1 aromatic heterocycles. The molecule has 0 aliphatic heterocycles. The number of carboxylic acids is 1. The number of rotatable bonds is 21. The molecule has 12 N–H and O–H groups in total. The van der Waals surface area contributed by atoms with Crippen LogP contribution in [0.15, 0.2) is 78.2 Å². The van der Waals surface area contributed by atoms with Crippen molar-refractivity contribution in [2.24, 2.45) is 28.1 Å². The molecule has 0 fully saturated rings. The molecule has 5 atom stereocenters. The van der Waals surface area contributed by atoms with Crippen molar-refractivity contribution >= 4 is 35.6 Å². The molecule has 0 spiro atoms. The third-order valence-corrected chi connectivity index (χ3v) is 8.06. The third-order valence-electron chi connectivity index (χ3n) is 8.06. The number of hydrogen-bond acceptors (Lipinski definition) is 8. The molecule has 0 radical (unpaired) electrons. The Morgan fingerprint density at radius 3 is 1.85 bits per heavy atom. The first-order chi connectivity index (χ1) is 24.8. The van der Waals surface area contributed by atoms with Crippen LogP contribution in [-0.2, 0) is 43.2 Å². The smallest absolute Gasteiger partial charge is 0.326 e. The highest BCUT2D eigenvalue weighted by Crippen LogP contribution is 2.11. The maximum atomic E-state index is 13.9. The maximum absolute atomic E-state index is 13.9. The summed E-state index contributed by atoms with van der Waals surface area (Å²) in [5, 5.41) is 20.6. The highest BCUT2D eigenvalue weighted by molar-refractivity contribution is 5.95. The van der Waals surface area contributed by atoms with Crippen molar-refractivity contribution in [3.8, 4) is 0 Å². The first-order valence-electron chi connectivity index (χ1n) is 17.1. The number of nitrogens with zero attached hydrogens (tertiary/aromatic N) is 2. The van der Waals surface area contributed by atoms with Gasteiger partial charge in [-0.3, -0.25) is 24.2 Å². The molecule has 0 bridgehead atoms. The summed E-state index contributed by atoms with van der Waals surface area (Å²) in [6, 6.07) is 12.3. The van der Waals surface area contributed by atoms with Crippen LogP contribution in [0.4, 0.5) is 0 Å². The van der Waals surface area contributed by atoms with Crippen molar-refractivity contribution in [1.29, 1.82) is 0 Å². The van der Waals surface area contributed by atoms with Crippen molar-refractivity contribution in [2.45, 2.75) is 82.6 Å². The van der Waals surface area contributed by atoms with Crippen LogP contribution >= 0.6 is 0 Å². The van der Waals surface area contributed by atoms with Crippen LogP contribution in [0.3, 0.4) is 0 Å². The summed E-state index contributed by atoms with van der Waals surface area (Å²) in [7, 11) is 0. The molecular weight excluding hydrogens is 668 g/mol. The number of carbonyl (C=O) groups is 5. The number of aliphatic imine (C=N–C) groups is 1. The van der Waals surface area contributed by atoms with Crippen molar-refractivity contribution in [3.05, 3.63) is 90.0 Å². The van der Waals surface area contributed by atoms with E-state index in [9.17, 15) is 29.1 Å². The fourth-order valence-electron chi connectivity index (χ4n) is 5.41. The highest BCUT2D eigenvalue weighted by atomic mass is 16.4. The molecule has 16 heteroatoms. The molecular formula is C36H50N10O6. The largest absolute Gasteiger partial charge is 0.480 e. The fraction of sp³-hybridized carbons (Fsp3) is 0.417. The number of carboxylic acid groups (broad SMARTS) is 1. The minimum atomic E-state index is -1.28. The maximum Gasteiger partial charge on any atom is 0.326 e. The van der Waals surface area contributed by atoms with Crippen LogP contribution in [0.25, 0.3) is 0 Å². The molecule has 0 aliphatic carbocycles. The zero-order valence-corrected chi connectivity index (χ0v) is 29.5. The summed E-state index contributed by atoms with van der Waals surface area (Å²) in [4.78, 5) is 77.3. The van der Waals surface area contributed by atoms with E-state index in [1.165, 1.54) is 12.5 Å². The normalized spacial score (nSPS) is 13.8. The molecule has 1 heterocycles. The second-order valence-corrected chi connectivity index (χ2v) is 12.9. The number of imidazole rings is 1. The zero-order valence-electron chi connectivity index (χ0n) is 29.5. The molecule has 0 unspecified atom stereocenters. The molecule has 4 amide bonds. The Morgan fingerprint density at radius 2 is 1.29 bits per heavy atom. The summed E-state index contributed by atoms with van der Waals surface area (Å²) < 4.78 is 0. The van der Waals surface area contributed by atoms with Gasteiger partial charge in [-0.1, -0.05) is 74.5 Å². The van der Waals surface area contributed by atoms with E-state index in [0.717, 1.165) is 5.56 Å². The number of H-pyrrole nitrogens is 1. The molecule has 52 heavy (non-hydrogen) atoms. The zero-order chi connectivity index (χ0) is 38.0. The molecule has 3 aromatic rings. The number of nitrogens with one attached hydrogen (secondary N) is 5. The Bertz CT molecular complexity index is 1610. The number of amides is 4. The number of nitrogens with two attached hydrogens (primary N) is 3. The van der Waals surface area contributed by atoms with Gasteiger partial charge in [-0.05, 0) is 42.7 Å². The van der Waals surface area contributed by atoms with Gasteiger partial charge in [0.15, 0.2) is 5.96 Å². The SMILES string of the molecule is CC(C)C[C@@H](NC(=O)[C@@H](CCCN=C(N)N)NC(=O)[C@H](N)Cc1ccccc1)C(=O)N[C@H](Cc1cnc[nH]1)C(=O)N[C@H](Cc1ccccc1)C(=O)O. The summed E-state index contributed by atoms with van der Waals surface area (Å²) in [6.07, 6.45) is 3.75. The Morgan fingerprint density at radius 1 is 0.750 bits per heavy atom. The number of aromatic amines is 1. The van der Waals surface area contributed by atoms with E-state index in [2.05, 4.69) is 36.2 Å². The van der Waals surface area contributed by atoms with Gasteiger partial charge in [0.25, 0.3) is 0 Å². The van der Waals surface area contributed by atoms with Crippen molar-refractivity contribution < 1.29 is 29.1 Å². The molecule has 3 rings (SSSR count). The van der Waals surface area contributed by atoms with Gasteiger partial charge >= 0.3 is 5.97 Å². The summed E-state index contributed by atoms with van der Waals surface area (Å²) in [5.74, 6) is -4.06. The number of aliphatic carboxylic acids is 1. The van der Waals surface area contributed by atoms with Gasteiger partial charge in [-0.15, -0.1) is 0 Å². The van der Waals surface area contributed by atoms with Crippen LogP contribution in [0.2, 0.25) is 0 Å². The monoisotopic (exact) mass is 718 g/mol. The van der Waals surface area contributed by atoms with Crippen molar-refractivity contribution in [2.75, 3.05) is 6.54 Å². The minimum absolute atomic E-state index is 0.0178. The van der Waals surface area contributed by atoms with Gasteiger partial charge in [-0.25, -0.2) is 9.78 Å². The predicted octanol–water partition coefficient (Wildman–Crippen LogP) is -0.112. The Balaban J connectivity index is 1.79. The first-order valence-corrected chi connectivity index (χ1v) is 17.1. The van der Waals surface area contributed by atoms with Gasteiger partial charge in [0.05, 0.1) is 12.4 Å². The average molecular weight is 719 g/mol. The Labute approximate surface area is 302 Å². The van der Waals surface area contributed by atoms with Crippen molar-refractivity contribution in [3.63, 3.8) is 0 Å². The third kappa shape index (κ3) is 14.2. The van der Waals surface area contributed by atoms with Crippen LogP contribution in [0, 0.1) is 5.92 Å². The summed E-state index contributed by atoms with van der Waals surface area (Å²) >= 11 is 0. The lowest BCUT2D eigenvalue weighted by molar-refractivity contribution is -0.142. The van der Waals surface area contributed by atoms with E-state index in [0.29, 0.717) is 17.7 Å². The van der Waals surface area contributed by atoms with Gasteiger partial charge in [-0.2, -0.15) is 0 Å². The topological polar surface area (TPSA) is 273 Å². The van der Waals surface area contributed by atoms with Gasteiger partial charge in [0.1, 0.15) is 24.2 Å². The minimum Gasteiger partial charge on any atom is -0.480 e. The molecule has 0 saturated carbocycles. The second kappa shape index (κ2) is 20.8. The quantitative estimate of drug-likeness (QED) is 0.0400. The lowest BCUT2D eigenvalue weighted by Crippen LogP contribution is -2.59. The number of hydrogen-bond donors (Lipinski definition) is 9. The summed E-state index contributed by atoms with van der Waals surface area (Å²) in [5.41, 5.74) is 19.1. The van der Waals surface area contributed by atoms with Crippen LogP contribution in [0.5, 0.6) is 0 Å². The molecule has 16 nitrogen and oxygen atoms in total. The van der Waals surface area contributed by atoms with E-state index in [1.807, 2.05) is 44.2 Å². The van der Waals surface area contributed by atoms with Gasteiger partial charge < -0.3 is 48.6 Å². The average Bonchev–Trinajstić information content (AvgIpc) is 3.62. The second-order valence-electron chi connectivity index (χ2n) is 12.9. The highest BCUT2D eigenvalue weighted by Gasteiger charge is 2.32. The van der Waals surface area contributed by atoms with Crippen LogP contribution < -0.4 is 38.5 Å². The molecule has 0 saturated heterocycles. The number of guanidine groups is 1. The van der Waals surface area contributed by atoms with E-state index in [4.69, 9.17) is 17.2 Å². The van der Waals surface area contributed by atoms with E-state index >= 15 is 0 Å². The fourth-order valence-corrected chi connectivity index (χ4v) is 5.41. The lowest BCUT2D eigenvalue weighted by atomic mass is 10.0. The van der Waals surface area contributed by atoms with Crippen molar-refractivity contribution in [1.82, 2.24) is 31.2 Å². The summed E-state index contributed by atoms with van der Waals surface area (Å²) in [6.45, 7) is 3.92. The number of carbonyl (C=O) groups excluding carboxylic acids is 4. The van der Waals surface area contributed by atoms with Crippen LogP contribution in [0.1, 0.15) is 49.9 Å². The Hall–Kier alpha value is -5.77. The lowest BCUT2D eigenvalue weighted by Gasteiger charge is -2.27. The number of aromatic nitrogens is 2. The van der Waals surface area contributed by atoms with E-state index in [1.54, 1.807) is 30.3 Å². The van der Waals surface area contributed by atoms with Gasteiger partial charge in [0, 0.05) is 31.3 Å². The molecule has 280 valence electrons. The van der Waals surface area contributed by atoms with Crippen LogP contribution in [-0.4, -0.2) is 87.4 Å². The van der Waals surface area contributed by atoms with Gasteiger partial charge in [0.2, 0.25) is 23.6 Å². The molecule has 0 aliphatic rings. The van der Waals surface area contributed by atoms with E-state index in [-0.39, 0.29) is 50.5 Å².